The number of nitrogens with zero attached hydrogens (tertiary/aromatic N) is 3. The van der Waals surface area contributed by atoms with Crippen molar-refractivity contribution in [1.29, 1.82) is 0 Å². The molecule has 0 spiro atoms. The molecule has 3 saturated heterocycles. The average Bonchev–Trinajstić information content (AvgIpc) is 2.78. The van der Waals surface area contributed by atoms with E-state index in [0.717, 1.165) is 32.4 Å². The molecule has 1 aromatic rings. The molecular formula is C14H16F4N4O. The van der Waals surface area contributed by atoms with Gasteiger partial charge in [0.1, 0.15) is 0 Å². The molecule has 3 aliphatic heterocycles. The fourth-order valence-corrected chi connectivity index (χ4v) is 3.22. The highest BCUT2D eigenvalue weighted by Crippen LogP contribution is 2.29. The summed E-state index contributed by atoms with van der Waals surface area (Å²) in [5, 5.41) is 2.68. The van der Waals surface area contributed by atoms with Crippen LogP contribution in [0.15, 0.2) is 6.20 Å². The van der Waals surface area contributed by atoms with Gasteiger partial charge in [0.2, 0.25) is 5.82 Å². The van der Waals surface area contributed by atoms with Crippen LogP contribution in [-0.2, 0) is 6.18 Å². The van der Waals surface area contributed by atoms with E-state index < -0.39 is 29.4 Å². The van der Waals surface area contributed by atoms with E-state index in [9.17, 15) is 22.4 Å². The van der Waals surface area contributed by atoms with Gasteiger partial charge in [-0.25, -0.2) is 14.4 Å². The Morgan fingerprint density at radius 2 is 2.00 bits per heavy atom. The summed E-state index contributed by atoms with van der Waals surface area (Å²) in [6, 6.07) is -0.152. The number of amides is 1. The highest BCUT2D eigenvalue weighted by Gasteiger charge is 2.37. The molecule has 1 aromatic heterocycles. The lowest BCUT2D eigenvalue weighted by Crippen LogP contribution is -2.42. The lowest BCUT2D eigenvalue weighted by molar-refractivity contribution is -0.143. The van der Waals surface area contributed by atoms with Gasteiger partial charge in [-0.1, -0.05) is 0 Å². The van der Waals surface area contributed by atoms with E-state index in [4.69, 9.17) is 0 Å². The highest BCUT2D eigenvalue weighted by atomic mass is 19.4. The molecule has 0 aromatic carbocycles. The van der Waals surface area contributed by atoms with Crippen molar-refractivity contribution in [1.82, 2.24) is 20.2 Å². The fourth-order valence-electron chi connectivity index (χ4n) is 3.22. The summed E-state index contributed by atoms with van der Waals surface area (Å²) in [6.45, 7) is 2.61. The maximum Gasteiger partial charge on any atom is 0.436 e. The SMILES string of the molecule is O=C(NC1CC2CCN(CC2)C1)c1ncc(F)c(C(F)(F)F)n1. The summed E-state index contributed by atoms with van der Waals surface area (Å²) in [5.41, 5.74) is -1.72. The molecule has 126 valence electrons. The van der Waals surface area contributed by atoms with E-state index in [-0.39, 0.29) is 6.04 Å². The topological polar surface area (TPSA) is 58.1 Å². The Labute approximate surface area is 130 Å². The van der Waals surface area contributed by atoms with E-state index in [2.05, 4.69) is 20.2 Å². The molecule has 2 bridgehead atoms. The minimum atomic E-state index is -4.96. The molecule has 1 N–H and O–H groups in total. The number of fused-ring (bicyclic) bond motifs is 4. The quantitative estimate of drug-likeness (QED) is 0.840. The summed E-state index contributed by atoms with van der Waals surface area (Å²) in [5.74, 6) is -2.54. The molecule has 0 saturated carbocycles. The van der Waals surface area contributed by atoms with Crippen LogP contribution >= 0.6 is 0 Å². The molecule has 4 heterocycles. The highest BCUT2D eigenvalue weighted by molar-refractivity contribution is 5.90. The van der Waals surface area contributed by atoms with Gasteiger partial charge in [0.05, 0.1) is 6.20 Å². The summed E-state index contributed by atoms with van der Waals surface area (Å²) < 4.78 is 51.1. The molecule has 3 aliphatic rings. The zero-order valence-electron chi connectivity index (χ0n) is 12.2. The second-order valence-corrected chi connectivity index (χ2v) is 6.04. The van der Waals surface area contributed by atoms with Crippen molar-refractivity contribution in [2.75, 3.05) is 19.6 Å². The Balaban J connectivity index is 1.73. The first kappa shape index (κ1) is 16.1. The van der Waals surface area contributed by atoms with Crippen molar-refractivity contribution in [3.63, 3.8) is 0 Å². The number of rotatable bonds is 2. The van der Waals surface area contributed by atoms with Gasteiger partial charge in [-0.05, 0) is 38.3 Å². The van der Waals surface area contributed by atoms with Gasteiger partial charge in [-0.2, -0.15) is 13.2 Å². The number of hydrogen-bond donors (Lipinski definition) is 1. The maximum atomic E-state index is 13.2. The van der Waals surface area contributed by atoms with Crippen molar-refractivity contribution in [3.8, 4) is 0 Å². The van der Waals surface area contributed by atoms with Gasteiger partial charge in [0.15, 0.2) is 11.5 Å². The summed E-state index contributed by atoms with van der Waals surface area (Å²) in [7, 11) is 0. The van der Waals surface area contributed by atoms with Crippen LogP contribution in [0.4, 0.5) is 17.6 Å². The van der Waals surface area contributed by atoms with Crippen LogP contribution in [0.3, 0.4) is 0 Å². The molecular weight excluding hydrogens is 316 g/mol. The zero-order chi connectivity index (χ0) is 16.6. The van der Waals surface area contributed by atoms with E-state index in [0.29, 0.717) is 18.7 Å². The largest absolute Gasteiger partial charge is 0.436 e. The Morgan fingerprint density at radius 3 is 2.65 bits per heavy atom. The first-order valence-electron chi connectivity index (χ1n) is 7.46. The third kappa shape index (κ3) is 3.60. The maximum absolute atomic E-state index is 13.2. The molecule has 23 heavy (non-hydrogen) atoms. The van der Waals surface area contributed by atoms with Crippen molar-refractivity contribution >= 4 is 5.91 Å². The second-order valence-electron chi connectivity index (χ2n) is 6.04. The lowest BCUT2D eigenvalue weighted by atomic mass is 9.94. The Morgan fingerprint density at radius 1 is 1.30 bits per heavy atom. The van der Waals surface area contributed by atoms with E-state index >= 15 is 0 Å². The molecule has 0 aliphatic carbocycles. The standard InChI is InChI=1S/C14H16F4N4O/c15-10-6-19-12(21-11(10)14(16,17)18)13(23)20-9-5-8-1-3-22(7-9)4-2-8/h6,8-9H,1-5,7H2,(H,20,23). The van der Waals surface area contributed by atoms with Gasteiger partial charge in [-0.15, -0.1) is 0 Å². The smallest absolute Gasteiger partial charge is 0.345 e. The third-order valence-corrected chi connectivity index (χ3v) is 4.35. The predicted molar refractivity (Wildman–Crippen MR) is 72.0 cm³/mol. The summed E-state index contributed by atoms with van der Waals surface area (Å²) in [6.07, 6.45) is -1.66. The van der Waals surface area contributed by atoms with Crippen LogP contribution in [0.2, 0.25) is 0 Å². The molecule has 0 radical (unpaired) electrons. The van der Waals surface area contributed by atoms with Crippen molar-refractivity contribution in [2.45, 2.75) is 31.5 Å². The predicted octanol–water partition coefficient (Wildman–Crippen LogP) is 1.85. The van der Waals surface area contributed by atoms with Crippen molar-refractivity contribution in [2.24, 2.45) is 5.92 Å². The molecule has 9 heteroatoms. The third-order valence-electron chi connectivity index (χ3n) is 4.35. The Kier molecular flexibility index (Phi) is 4.22. The van der Waals surface area contributed by atoms with Gasteiger partial charge in [-0.3, -0.25) is 4.79 Å². The van der Waals surface area contributed by atoms with Gasteiger partial charge in [0, 0.05) is 12.6 Å². The van der Waals surface area contributed by atoms with E-state index in [1.165, 1.54) is 0 Å². The number of nitrogens with one attached hydrogen (secondary N) is 1. The second kappa shape index (κ2) is 6.03. The molecule has 1 unspecified atom stereocenters. The Bertz CT molecular complexity index is 585. The number of halogens is 4. The van der Waals surface area contributed by atoms with Crippen LogP contribution in [0.25, 0.3) is 0 Å². The van der Waals surface area contributed by atoms with Gasteiger partial charge in [0.25, 0.3) is 5.91 Å². The van der Waals surface area contributed by atoms with Crippen LogP contribution in [0.1, 0.15) is 35.6 Å². The number of alkyl halides is 3. The summed E-state index contributed by atoms with van der Waals surface area (Å²) >= 11 is 0. The molecule has 1 amide bonds. The molecule has 1 atom stereocenters. The van der Waals surface area contributed by atoms with Crippen LogP contribution in [-0.4, -0.2) is 46.5 Å². The first-order chi connectivity index (χ1) is 10.8. The van der Waals surface area contributed by atoms with Crippen molar-refractivity contribution in [3.05, 3.63) is 23.5 Å². The Hall–Kier alpha value is -1.77. The van der Waals surface area contributed by atoms with Crippen LogP contribution < -0.4 is 5.32 Å². The van der Waals surface area contributed by atoms with E-state index in [1.54, 1.807) is 0 Å². The average molecular weight is 332 g/mol. The molecule has 5 nitrogen and oxygen atoms in total. The van der Waals surface area contributed by atoms with Crippen LogP contribution in [0, 0.1) is 11.7 Å². The normalized spacial score (nSPS) is 27.6. The number of hydrogen-bond acceptors (Lipinski definition) is 4. The molecule has 4 rings (SSSR count). The monoisotopic (exact) mass is 332 g/mol. The van der Waals surface area contributed by atoms with Crippen molar-refractivity contribution < 1.29 is 22.4 Å². The lowest BCUT2D eigenvalue weighted by Gasteiger charge is -2.26. The fraction of sp³-hybridized carbons (Fsp3) is 0.643. The minimum Gasteiger partial charge on any atom is -0.345 e. The van der Waals surface area contributed by atoms with E-state index in [1.807, 2.05) is 0 Å². The van der Waals surface area contributed by atoms with Crippen LogP contribution in [0.5, 0.6) is 0 Å². The molecule has 3 fully saturated rings. The number of carbonyl (C=O) groups excluding carboxylic acids is 1. The number of piperidine rings is 1. The first-order valence-corrected chi connectivity index (χ1v) is 7.46. The number of aromatic nitrogens is 2. The number of carbonyl (C=O) groups is 1. The minimum absolute atomic E-state index is 0.152. The van der Waals surface area contributed by atoms with Gasteiger partial charge < -0.3 is 10.2 Å². The summed E-state index contributed by atoms with van der Waals surface area (Å²) in [4.78, 5) is 20.8. The zero-order valence-corrected chi connectivity index (χ0v) is 12.2. The van der Waals surface area contributed by atoms with Gasteiger partial charge >= 0.3 is 6.18 Å².